The number of aryl methyl sites for hydroxylation is 1. The lowest BCUT2D eigenvalue weighted by atomic mass is 10.0. The predicted octanol–water partition coefficient (Wildman–Crippen LogP) is 5.44. The molecule has 0 atom stereocenters. The maximum Gasteiger partial charge on any atom is 0.339 e. The summed E-state index contributed by atoms with van der Waals surface area (Å²) in [5, 5.41) is 5.77. The van der Waals surface area contributed by atoms with E-state index in [0.717, 1.165) is 16.3 Å². The lowest BCUT2D eigenvalue weighted by molar-refractivity contribution is 0.0956. The average Bonchev–Trinajstić information content (AvgIpc) is 2.80. The quantitative estimate of drug-likeness (QED) is 0.207. The highest BCUT2D eigenvalue weighted by Gasteiger charge is 2.18. The van der Waals surface area contributed by atoms with Crippen molar-refractivity contribution < 1.29 is 17.4 Å². The molecule has 0 aliphatic carbocycles. The Kier molecular flexibility index (Phi) is 6.57. The molecule has 0 saturated carbocycles. The van der Waals surface area contributed by atoms with E-state index in [-0.39, 0.29) is 16.6 Å². The van der Waals surface area contributed by atoms with Gasteiger partial charge in [-0.25, -0.2) is 5.43 Å². The predicted molar refractivity (Wildman–Crippen MR) is 132 cm³/mol. The van der Waals surface area contributed by atoms with Gasteiger partial charge in [0.1, 0.15) is 4.90 Å². The van der Waals surface area contributed by atoms with Crippen molar-refractivity contribution in [3.63, 3.8) is 0 Å². The van der Waals surface area contributed by atoms with Crippen LogP contribution in [0.25, 0.3) is 10.8 Å². The first-order valence-corrected chi connectivity index (χ1v) is 12.2. The summed E-state index contributed by atoms with van der Waals surface area (Å²) < 4.78 is 31.4. The molecule has 1 N–H and O–H groups in total. The van der Waals surface area contributed by atoms with Gasteiger partial charge in [-0.1, -0.05) is 70.0 Å². The molecule has 0 fully saturated rings. The van der Waals surface area contributed by atoms with E-state index in [2.05, 4.69) is 26.5 Å². The Bertz CT molecular complexity index is 1460. The Morgan fingerprint density at radius 2 is 1.70 bits per heavy atom. The van der Waals surface area contributed by atoms with Crippen LogP contribution in [-0.2, 0) is 10.1 Å². The van der Waals surface area contributed by atoms with Crippen molar-refractivity contribution in [2.75, 3.05) is 0 Å². The van der Waals surface area contributed by atoms with Gasteiger partial charge in [0.05, 0.1) is 6.21 Å². The van der Waals surface area contributed by atoms with Gasteiger partial charge in [0.2, 0.25) is 0 Å². The summed E-state index contributed by atoms with van der Waals surface area (Å²) in [6.45, 7) is 1.87. The number of rotatable bonds is 6. The number of benzene rings is 4. The normalized spacial score (nSPS) is 11.6. The van der Waals surface area contributed by atoms with Gasteiger partial charge >= 0.3 is 10.1 Å². The summed E-state index contributed by atoms with van der Waals surface area (Å²) in [6, 6.07) is 24.2. The smallest absolute Gasteiger partial charge is 0.339 e. The number of fused-ring (bicyclic) bond motifs is 1. The third-order valence-electron chi connectivity index (χ3n) is 4.88. The van der Waals surface area contributed by atoms with Crippen molar-refractivity contribution >= 4 is 48.9 Å². The van der Waals surface area contributed by atoms with Crippen LogP contribution in [0.15, 0.2) is 99.4 Å². The van der Waals surface area contributed by atoms with Gasteiger partial charge in [-0.2, -0.15) is 13.5 Å². The number of halogens is 1. The van der Waals surface area contributed by atoms with E-state index in [9.17, 15) is 13.2 Å². The maximum absolute atomic E-state index is 12.7. The number of nitrogens with one attached hydrogen (secondary N) is 1. The summed E-state index contributed by atoms with van der Waals surface area (Å²) in [7, 11) is -4.04. The van der Waals surface area contributed by atoms with E-state index >= 15 is 0 Å². The van der Waals surface area contributed by atoms with E-state index in [4.69, 9.17) is 4.18 Å². The number of carbonyl (C=O) groups is 1. The van der Waals surface area contributed by atoms with Crippen LogP contribution in [-0.4, -0.2) is 20.5 Å². The zero-order valence-corrected chi connectivity index (χ0v) is 19.9. The van der Waals surface area contributed by atoms with E-state index < -0.39 is 10.1 Å². The molecule has 0 radical (unpaired) electrons. The Labute approximate surface area is 200 Å². The minimum Gasteiger partial charge on any atom is -0.378 e. The van der Waals surface area contributed by atoms with Crippen LogP contribution in [0.5, 0.6) is 5.75 Å². The fourth-order valence-electron chi connectivity index (χ4n) is 3.21. The molecule has 0 unspecified atom stereocenters. The molecule has 6 nitrogen and oxygen atoms in total. The van der Waals surface area contributed by atoms with Crippen LogP contribution in [0.4, 0.5) is 0 Å². The largest absolute Gasteiger partial charge is 0.378 e. The molecule has 0 heterocycles. The van der Waals surface area contributed by atoms with Crippen LogP contribution >= 0.6 is 15.9 Å². The van der Waals surface area contributed by atoms with Gasteiger partial charge in [-0.3, -0.25) is 4.79 Å². The maximum atomic E-state index is 12.7. The van der Waals surface area contributed by atoms with Gasteiger partial charge in [0.25, 0.3) is 5.91 Å². The number of carbonyl (C=O) groups excluding carboxylic acids is 1. The Balaban J connectivity index is 1.56. The molecule has 4 aromatic carbocycles. The van der Waals surface area contributed by atoms with Crippen LogP contribution in [0.2, 0.25) is 0 Å². The average molecular weight is 523 g/mol. The molecule has 0 aliphatic rings. The summed E-state index contributed by atoms with van der Waals surface area (Å²) >= 11 is 3.36. The van der Waals surface area contributed by atoms with E-state index in [0.29, 0.717) is 15.6 Å². The molecule has 0 aliphatic heterocycles. The van der Waals surface area contributed by atoms with E-state index in [1.54, 1.807) is 36.4 Å². The number of hydrogen-bond donors (Lipinski definition) is 1. The van der Waals surface area contributed by atoms with Crippen molar-refractivity contribution in [1.82, 2.24) is 5.43 Å². The van der Waals surface area contributed by atoms with E-state index in [1.807, 2.05) is 37.3 Å². The van der Waals surface area contributed by atoms with Crippen molar-refractivity contribution in [2.24, 2.45) is 5.10 Å². The standard InChI is InChI=1S/C25H19BrN2O4S/c1-17-9-12-21(13-10-17)33(30,31)32-24-14-11-20(26)15-19(24)16-27-28-25(29)23-8-4-6-18-5-2-3-7-22(18)23/h2-16H,1H3,(H,28,29)/b27-16-. The van der Waals surface area contributed by atoms with Crippen molar-refractivity contribution in [1.29, 1.82) is 0 Å². The first kappa shape index (κ1) is 22.7. The minimum absolute atomic E-state index is 0.0446. The summed E-state index contributed by atoms with van der Waals surface area (Å²) in [5.74, 6) is -0.297. The second-order valence-corrected chi connectivity index (χ2v) is 9.72. The summed E-state index contributed by atoms with van der Waals surface area (Å²) in [4.78, 5) is 12.7. The van der Waals surface area contributed by atoms with Gasteiger partial charge in [-0.15, -0.1) is 0 Å². The van der Waals surface area contributed by atoms with Crippen molar-refractivity contribution in [2.45, 2.75) is 11.8 Å². The second-order valence-electron chi connectivity index (χ2n) is 7.26. The van der Waals surface area contributed by atoms with Crippen molar-refractivity contribution in [3.8, 4) is 5.75 Å². The monoisotopic (exact) mass is 522 g/mol. The molecule has 4 rings (SSSR count). The molecule has 8 heteroatoms. The molecular formula is C25H19BrN2O4S. The Morgan fingerprint density at radius 1 is 0.970 bits per heavy atom. The lowest BCUT2D eigenvalue weighted by Crippen LogP contribution is -2.18. The summed E-state index contributed by atoms with van der Waals surface area (Å²) in [6.07, 6.45) is 1.34. The second kappa shape index (κ2) is 9.56. The number of nitrogens with zero attached hydrogens (tertiary/aromatic N) is 1. The zero-order valence-electron chi connectivity index (χ0n) is 17.5. The molecule has 166 valence electrons. The molecule has 1 amide bonds. The minimum atomic E-state index is -4.04. The third-order valence-corrected chi connectivity index (χ3v) is 6.63. The molecule has 0 aromatic heterocycles. The van der Waals surface area contributed by atoms with Crippen LogP contribution < -0.4 is 9.61 Å². The number of hydrogen-bond acceptors (Lipinski definition) is 5. The summed E-state index contributed by atoms with van der Waals surface area (Å²) in [5.41, 5.74) is 4.29. The van der Waals surface area contributed by atoms with Crippen molar-refractivity contribution in [3.05, 3.63) is 106 Å². The molecule has 4 aromatic rings. The van der Waals surface area contributed by atoms with Crippen LogP contribution in [0.1, 0.15) is 21.5 Å². The first-order valence-electron chi connectivity index (χ1n) is 9.95. The molecule has 0 bridgehead atoms. The van der Waals surface area contributed by atoms with E-state index in [1.165, 1.54) is 24.4 Å². The fraction of sp³-hybridized carbons (Fsp3) is 0.0400. The van der Waals surface area contributed by atoms with Gasteiger partial charge in [0.15, 0.2) is 5.75 Å². The molecular weight excluding hydrogens is 504 g/mol. The highest BCUT2D eigenvalue weighted by atomic mass is 79.9. The Morgan fingerprint density at radius 3 is 2.48 bits per heavy atom. The Hall–Kier alpha value is -3.49. The van der Waals surface area contributed by atoms with Gasteiger partial charge < -0.3 is 4.18 Å². The third kappa shape index (κ3) is 5.30. The van der Waals surface area contributed by atoms with Gasteiger partial charge in [0, 0.05) is 15.6 Å². The molecule has 0 saturated heterocycles. The first-order chi connectivity index (χ1) is 15.8. The lowest BCUT2D eigenvalue weighted by Gasteiger charge is -2.10. The highest BCUT2D eigenvalue weighted by Crippen LogP contribution is 2.25. The highest BCUT2D eigenvalue weighted by molar-refractivity contribution is 9.10. The fourth-order valence-corrected chi connectivity index (χ4v) is 4.54. The number of amides is 1. The van der Waals surface area contributed by atoms with Crippen LogP contribution in [0, 0.1) is 6.92 Å². The SMILES string of the molecule is Cc1ccc(S(=O)(=O)Oc2ccc(Br)cc2/C=N\NC(=O)c2cccc3ccccc23)cc1. The topological polar surface area (TPSA) is 84.8 Å². The zero-order chi connectivity index (χ0) is 23.4. The van der Waals surface area contributed by atoms with Gasteiger partial charge in [-0.05, 0) is 54.1 Å². The molecule has 33 heavy (non-hydrogen) atoms. The molecule has 0 spiro atoms. The van der Waals surface area contributed by atoms with Crippen LogP contribution in [0.3, 0.4) is 0 Å². The number of hydrazone groups is 1.